The van der Waals surface area contributed by atoms with Gasteiger partial charge >= 0.3 is 0 Å². The van der Waals surface area contributed by atoms with Crippen LogP contribution in [0.4, 0.5) is 5.82 Å². The monoisotopic (exact) mass is 307 g/mol. The van der Waals surface area contributed by atoms with Crippen LogP contribution < -0.4 is 16.6 Å². The number of fused-ring (bicyclic) bond motifs is 1. The summed E-state index contributed by atoms with van der Waals surface area (Å²) < 4.78 is 0.217. The van der Waals surface area contributed by atoms with Crippen molar-refractivity contribution in [3.63, 3.8) is 0 Å². The molecule has 102 valence electrons. The molecule has 2 heterocycles. The van der Waals surface area contributed by atoms with Crippen molar-refractivity contribution < 1.29 is 0 Å². The number of nitrogens with one attached hydrogen (secondary N) is 3. The molecular weight excluding hydrogens is 298 g/mol. The van der Waals surface area contributed by atoms with E-state index in [-0.39, 0.29) is 16.3 Å². The number of rotatable bonds is 1. The molecular formula is C12H10ClN5OS. The fraction of sp³-hybridized carbons (Fsp3) is 0.0833. The Balaban J connectivity index is 2.28. The number of aliphatic imine (C=N–C) groups is 1. The number of nitrogens with zero attached hydrogens (tertiary/aromatic N) is 1. The lowest BCUT2D eigenvalue weighted by Crippen LogP contribution is -2.33. The predicted octanol–water partition coefficient (Wildman–Crippen LogP) is 1.92. The zero-order valence-electron chi connectivity index (χ0n) is 10.1. The number of aromatic amines is 2. The second kappa shape index (κ2) is 4.77. The molecule has 20 heavy (non-hydrogen) atoms. The Bertz CT molecular complexity index is 825. The van der Waals surface area contributed by atoms with Crippen LogP contribution in [0.25, 0.3) is 0 Å². The summed E-state index contributed by atoms with van der Waals surface area (Å²) in [5, 5.41) is 3.32. The lowest BCUT2D eigenvalue weighted by atomic mass is 9.99. The van der Waals surface area contributed by atoms with E-state index in [9.17, 15) is 4.79 Å². The number of guanidine groups is 1. The van der Waals surface area contributed by atoms with Crippen LogP contribution in [0.2, 0.25) is 5.02 Å². The summed E-state index contributed by atoms with van der Waals surface area (Å²) in [5.41, 5.74) is 6.54. The summed E-state index contributed by atoms with van der Waals surface area (Å²) >= 11 is 11.1. The van der Waals surface area contributed by atoms with Gasteiger partial charge in [0.25, 0.3) is 5.56 Å². The number of H-pyrrole nitrogens is 2. The minimum atomic E-state index is -0.574. The Morgan fingerprint density at radius 2 is 2.05 bits per heavy atom. The molecule has 1 aromatic heterocycles. The molecule has 1 aliphatic heterocycles. The normalized spacial score (nSPS) is 17.1. The van der Waals surface area contributed by atoms with Gasteiger partial charge in [0.1, 0.15) is 11.9 Å². The third kappa shape index (κ3) is 2.10. The maximum absolute atomic E-state index is 12.2. The summed E-state index contributed by atoms with van der Waals surface area (Å²) in [6.07, 6.45) is 0. The van der Waals surface area contributed by atoms with E-state index in [0.29, 0.717) is 22.0 Å². The fourth-order valence-electron chi connectivity index (χ4n) is 2.14. The highest BCUT2D eigenvalue weighted by molar-refractivity contribution is 7.71. The van der Waals surface area contributed by atoms with Gasteiger partial charge < -0.3 is 16.0 Å². The van der Waals surface area contributed by atoms with Crippen LogP contribution in [-0.4, -0.2) is 15.9 Å². The number of aromatic nitrogens is 2. The molecule has 1 aromatic carbocycles. The van der Waals surface area contributed by atoms with Crippen molar-refractivity contribution >= 4 is 35.6 Å². The van der Waals surface area contributed by atoms with Gasteiger partial charge in [-0.05, 0) is 18.3 Å². The largest absolute Gasteiger partial charge is 0.370 e. The Morgan fingerprint density at radius 1 is 1.30 bits per heavy atom. The predicted molar refractivity (Wildman–Crippen MR) is 80.8 cm³/mol. The Labute approximate surface area is 123 Å². The van der Waals surface area contributed by atoms with Crippen molar-refractivity contribution in [2.45, 2.75) is 6.04 Å². The third-order valence-electron chi connectivity index (χ3n) is 2.97. The third-order valence-corrected chi connectivity index (χ3v) is 3.52. The number of benzene rings is 1. The van der Waals surface area contributed by atoms with Gasteiger partial charge in [-0.1, -0.05) is 29.8 Å². The topological polar surface area (TPSA) is 99.1 Å². The van der Waals surface area contributed by atoms with Crippen LogP contribution in [0.15, 0.2) is 34.1 Å². The van der Waals surface area contributed by atoms with Crippen LogP contribution in [-0.2, 0) is 0 Å². The van der Waals surface area contributed by atoms with E-state index in [0.717, 1.165) is 0 Å². The number of nitrogens with two attached hydrogens (primary N) is 1. The molecule has 3 rings (SSSR count). The van der Waals surface area contributed by atoms with Crippen molar-refractivity contribution in [3.8, 4) is 0 Å². The maximum atomic E-state index is 12.2. The first-order valence-corrected chi connectivity index (χ1v) is 6.56. The quantitative estimate of drug-likeness (QED) is 0.605. The van der Waals surface area contributed by atoms with Crippen molar-refractivity contribution in [3.05, 3.63) is 55.5 Å². The zero-order chi connectivity index (χ0) is 14.3. The summed E-state index contributed by atoms with van der Waals surface area (Å²) in [6, 6.07) is 6.61. The van der Waals surface area contributed by atoms with Crippen LogP contribution in [0.1, 0.15) is 17.2 Å². The molecule has 0 bridgehead atoms. The molecule has 6 nitrogen and oxygen atoms in total. The second-order valence-electron chi connectivity index (χ2n) is 4.26. The van der Waals surface area contributed by atoms with Crippen molar-refractivity contribution in [1.82, 2.24) is 9.97 Å². The Hall–Kier alpha value is -2.12. The van der Waals surface area contributed by atoms with Crippen LogP contribution in [0.5, 0.6) is 0 Å². The fourth-order valence-corrected chi connectivity index (χ4v) is 2.58. The summed E-state index contributed by atoms with van der Waals surface area (Å²) in [5.74, 6) is 0.634. The second-order valence-corrected chi connectivity index (χ2v) is 5.08. The average molecular weight is 308 g/mol. The van der Waals surface area contributed by atoms with Gasteiger partial charge in [-0.2, -0.15) is 0 Å². The standard InChI is InChI=1S/C12H10ClN5OS/c13-6-4-2-1-3-5(6)8-7-9(16-11(14)15-8)17-12(20)18-10(7)19/h1-4,8H,(H5,14,15,16,17,18,19,20). The van der Waals surface area contributed by atoms with Gasteiger partial charge in [0.2, 0.25) is 0 Å². The van der Waals surface area contributed by atoms with Gasteiger partial charge in [-0.25, -0.2) is 4.99 Å². The number of hydrogen-bond donors (Lipinski definition) is 4. The summed E-state index contributed by atoms with van der Waals surface area (Å²) in [6.45, 7) is 0. The van der Waals surface area contributed by atoms with Crippen LogP contribution in [0, 0.1) is 4.77 Å². The first-order chi connectivity index (χ1) is 9.56. The molecule has 1 aliphatic rings. The summed E-state index contributed by atoms with van der Waals surface area (Å²) in [4.78, 5) is 21.8. The molecule has 5 N–H and O–H groups in total. The first-order valence-electron chi connectivity index (χ1n) is 5.77. The van der Waals surface area contributed by atoms with Crippen molar-refractivity contribution in [1.29, 1.82) is 0 Å². The lowest BCUT2D eigenvalue weighted by molar-refractivity contribution is 0.822. The number of hydrogen-bond acceptors (Lipinski definition) is 5. The minimum Gasteiger partial charge on any atom is -0.370 e. The molecule has 0 saturated carbocycles. The van der Waals surface area contributed by atoms with E-state index in [2.05, 4.69) is 20.3 Å². The van der Waals surface area contributed by atoms with E-state index in [1.807, 2.05) is 12.1 Å². The molecule has 0 fully saturated rings. The van der Waals surface area contributed by atoms with Crippen LogP contribution >= 0.6 is 23.8 Å². The minimum absolute atomic E-state index is 0.193. The van der Waals surface area contributed by atoms with E-state index in [1.165, 1.54) is 0 Å². The molecule has 0 spiro atoms. The molecule has 1 atom stereocenters. The maximum Gasteiger partial charge on any atom is 0.259 e. The highest BCUT2D eigenvalue weighted by Crippen LogP contribution is 2.34. The Kier molecular flexibility index (Phi) is 3.07. The van der Waals surface area contributed by atoms with Gasteiger partial charge in [0.15, 0.2) is 10.7 Å². The van der Waals surface area contributed by atoms with Crippen molar-refractivity contribution in [2.75, 3.05) is 5.32 Å². The van der Waals surface area contributed by atoms with Gasteiger partial charge in [0.05, 0.1) is 5.56 Å². The average Bonchev–Trinajstić information content (AvgIpc) is 2.37. The van der Waals surface area contributed by atoms with E-state index >= 15 is 0 Å². The molecule has 0 amide bonds. The van der Waals surface area contributed by atoms with Gasteiger partial charge in [-0.15, -0.1) is 0 Å². The Morgan fingerprint density at radius 3 is 2.80 bits per heavy atom. The smallest absolute Gasteiger partial charge is 0.259 e. The first kappa shape index (κ1) is 12.9. The SMILES string of the molecule is NC1=NC(c2ccccc2Cl)c2c([nH]c(=S)[nH]c2=O)N1. The molecule has 8 heteroatoms. The van der Waals surface area contributed by atoms with E-state index in [4.69, 9.17) is 29.6 Å². The van der Waals surface area contributed by atoms with Crippen molar-refractivity contribution in [2.24, 2.45) is 10.7 Å². The van der Waals surface area contributed by atoms with E-state index < -0.39 is 6.04 Å². The highest BCUT2D eigenvalue weighted by Gasteiger charge is 2.27. The molecule has 0 aliphatic carbocycles. The lowest BCUT2D eigenvalue weighted by Gasteiger charge is -2.23. The molecule has 0 radical (unpaired) electrons. The number of anilines is 1. The zero-order valence-corrected chi connectivity index (χ0v) is 11.7. The number of halogens is 1. The van der Waals surface area contributed by atoms with E-state index in [1.54, 1.807) is 12.1 Å². The highest BCUT2D eigenvalue weighted by atomic mass is 35.5. The molecule has 0 saturated heterocycles. The summed E-state index contributed by atoms with van der Waals surface area (Å²) in [7, 11) is 0. The van der Waals surface area contributed by atoms with Gasteiger partial charge in [0, 0.05) is 10.6 Å². The van der Waals surface area contributed by atoms with Gasteiger partial charge in [-0.3, -0.25) is 9.78 Å². The van der Waals surface area contributed by atoms with Crippen LogP contribution in [0.3, 0.4) is 0 Å². The molecule has 2 aromatic rings. The molecule has 1 unspecified atom stereocenters.